The van der Waals surface area contributed by atoms with E-state index in [1.54, 1.807) is 25.3 Å². The molecule has 2 fully saturated rings. The minimum absolute atomic E-state index is 0.0332. The smallest absolute Gasteiger partial charge is 0.225 e. The van der Waals surface area contributed by atoms with Crippen molar-refractivity contribution in [3.8, 4) is 5.75 Å². The Labute approximate surface area is 171 Å². The molecule has 0 radical (unpaired) electrons. The third-order valence-electron chi connectivity index (χ3n) is 5.62. The van der Waals surface area contributed by atoms with Gasteiger partial charge in [0.05, 0.1) is 12.1 Å². The van der Waals surface area contributed by atoms with E-state index in [0.29, 0.717) is 42.0 Å². The van der Waals surface area contributed by atoms with Crippen molar-refractivity contribution >= 4 is 29.1 Å². The van der Waals surface area contributed by atoms with Gasteiger partial charge >= 0.3 is 0 Å². The van der Waals surface area contributed by atoms with Crippen LogP contribution in [0.4, 0.5) is 5.69 Å². The Morgan fingerprint density at radius 3 is 2.79 bits per heavy atom. The predicted octanol–water partition coefficient (Wildman–Crippen LogP) is 3.73. The van der Waals surface area contributed by atoms with Crippen LogP contribution in [-0.4, -0.2) is 50.1 Å². The highest BCUT2D eigenvalue weighted by atomic mass is 35.5. The summed E-state index contributed by atoms with van der Waals surface area (Å²) in [6.45, 7) is 2.97. The van der Waals surface area contributed by atoms with Gasteiger partial charge < -0.3 is 19.7 Å². The van der Waals surface area contributed by atoms with Crippen molar-refractivity contribution in [1.82, 2.24) is 4.90 Å². The molecule has 0 unspecified atom stereocenters. The number of halogens is 1. The SMILES string of the molecule is COc1ccc(NC(=O)CC[C@H]2CCCN(C(=O)C3CCOCC3)C2)cc1Cl. The summed E-state index contributed by atoms with van der Waals surface area (Å²) in [4.78, 5) is 27.0. The van der Waals surface area contributed by atoms with E-state index in [4.69, 9.17) is 21.1 Å². The van der Waals surface area contributed by atoms with E-state index < -0.39 is 0 Å². The number of anilines is 1. The van der Waals surface area contributed by atoms with E-state index in [9.17, 15) is 9.59 Å². The molecule has 6 nitrogen and oxygen atoms in total. The van der Waals surface area contributed by atoms with Gasteiger partial charge in [0.1, 0.15) is 5.75 Å². The normalized spacial score (nSPS) is 20.6. The van der Waals surface area contributed by atoms with Gasteiger partial charge in [0, 0.05) is 44.3 Å². The molecule has 3 rings (SSSR count). The summed E-state index contributed by atoms with van der Waals surface area (Å²) in [7, 11) is 1.56. The molecule has 0 saturated carbocycles. The number of ether oxygens (including phenoxy) is 2. The van der Waals surface area contributed by atoms with Gasteiger partial charge in [-0.3, -0.25) is 9.59 Å². The van der Waals surface area contributed by atoms with Gasteiger partial charge in [-0.25, -0.2) is 0 Å². The molecule has 154 valence electrons. The Kier molecular flexibility index (Phi) is 7.57. The number of piperidine rings is 1. The Morgan fingerprint density at radius 2 is 2.07 bits per heavy atom. The largest absolute Gasteiger partial charge is 0.495 e. The van der Waals surface area contributed by atoms with Gasteiger partial charge in [-0.1, -0.05) is 11.6 Å². The van der Waals surface area contributed by atoms with Crippen LogP contribution in [0.2, 0.25) is 5.02 Å². The summed E-state index contributed by atoms with van der Waals surface area (Å²) in [5.74, 6) is 1.30. The molecule has 28 heavy (non-hydrogen) atoms. The van der Waals surface area contributed by atoms with Gasteiger partial charge in [-0.2, -0.15) is 0 Å². The number of methoxy groups -OCH3 is 1. The first-order valence-corrected chi connectivity index (χ1v) is 10.4. The number of hydrogen-bond acceptors (Lipinski definition) is 4. The molecule has 1 aromatic carbocycles. The second-order valence-corrected chi connectivity index (χ2v) is 8.02. The van der Waals surface area contributed by atoms with Crippen molar-refractivity contribution < 1.29 is 19.1 Å². The first kappa shape index (κ1) is 20.9. The fraction of sp³-hybridized carbons (Fsp3) is 0.619. The first-order chi connectivity index (χ1) is 13.6. The van der Waals surface area contributed by atoms with Crippen LogP contribution in [0.15, 0.2) is 18.2 Å². The van der Waals surface area contributed by atoms with Gasteiger partial charge in [0.15, 0.2) is 0 Å². The zero-order valence-electron chi connectivity index (χ0n) is 16.4. The van der Waals surface area contributed by atoms with Crippen LogP contribution < -0.4 is 10.1 Å². The predicted molar refractivity (Wildman–Crippen MR) is 109 cm³/mol. The van der Waals surface area contributed by atoms with Crippen LogP contribution in [-0.2, 0) is 14.3 Å². The summed E-state index contributed by atoms with van der Waals surface area (Å²) in [5.41, 5.74) is 0.663. The molecule has 0 aliphatic carbocycles. The molecule has 1 N–H and O–H groups in total. The average Bonchev–Trinajstić information content (AvgIpc) is 2.73. The summed E-state index contributed by atoms with van der Waals surface area (Å²) in [6, 6.07) is 5.20. The molecule has 2 aliphatic rings. The monoisotopic (exact) mass is 408 g/mol. The lowest BCUT2D eigenvalue weighted by atomic mass is 9.91. The molecule has 2 heterocycles. The van der Waals surface area contributed by atoms with Crippen LogP contribution in [0, 0.1) is 11.8 Å². The van der Waals surface area contributed by atoms with Gasteiger partial charge in [-0.15, -0.1) is 0 Å². The van der Waals surface area contributed by atoms with Gasteiger partial charge in [0.25, 0.3) is 0 Å². The fourth-order valence-electron chi connectivity index (χ4n) is 4.01. The molecule has 1 atom stereocenters. The number of benzene rings is 1. The Balaban J connectivity index is 1.45. The van der Waals surface area contributed by atoms with E-state index in [1.165, 1.54) is 0 Å². The zero-order chi connectivity index (χ0) is 19.9. The van der Waals surface area contributed by atoms with Crippen LogP contribution in [0.3, 0.4) is 0 Å². The van der Waals surface area contributed by atoms with E-state index in [1.807, 2.05) is 4.90 Å². The number of likely N-dealkylation sites (tertiary alicyclic amines) is 1. The maximum Gasteiger partial charge on any atom is 0.225 e. The molecule has 7 heteroatoms. The van der Waals surface area contributed by atoms with E-state index in [-0.39, 0.29) is 17.7 Å². The maximum atomic E-state index is 12.7. The number of nitrogens with zero attached hydrogens (tertiary/aromatic N) is 1. The molecular formula is C21H29ClN2O4. The lowest BCUT2D eigenvalue weighted by Gasteiger charge is -2.36. The molecule has 0 aromatic heterocycles. The average molecular weight is 409 g/mol. The molecular weight excluding hydrogens is 380 g/mol. The van der Waals surface area contributed by atoms with E-state index in [0.717, 1.165) is 45.2 Å². The minimum Gasteiger partial charge on any atom is -0.495 e. The molecule has 2 saturated heterocycles. The topological polar surface area (TPSA) is 67.9 Å². The van der Waals surface area contributed by atoms with Crippen LogP contribution in [0.5, 0.6) is 5.75 Å². The summed E-state index contributed by atoms with van der Waals surface area (Å²) < 4.78 is 10.5. The summed E-state index contributed by atoms with van der Waals surface area (Å²) >= 11 is 6.10. The second kappa shape index (κ2) is 10.1. The molecule has 2 amide bonds. The highest BCUT2D eigenvalue weighted by Crippen LogP contribution is 2.28. The van der Waals surface area contributed by atoms with Gasteiger partial charge in [-0.05, 0) is 56.2 Å². The molecule has 0 spiro atoms. The van der Waals surface area contributed by atoms with E-state index in [2.05, 4.69) is 5.32 Å². The lowest BCUT2D eigenvalue weighted by Crippen LogP contribution is -2.44. The van der Waals surface area contributed by atoms with Crippen LogP contribution in [0.25, 0.3) is 0 Å². The number of nitrogens with one attached hydrogen (secondary N) is 1. The number of carbonyl (C=O) groups is 2. The Hall–Kier alpha value is -1.79. The van der Waals surface area contributed by atoms with Crippen molar-refractivity contribution in [2.75, 3.05) is 38.7 Å². The van der Waals surface area contributed by atoms with Crippen molar-refractivity contribution in [2.45, 2.75) is 38.5 Å². The standard InChI is InChI=1S/C21H29ClN2O4/c1-27-19-6-5-17(13-18(19)22)23-20(25)7-4-15-3-2-10-24(14-15)21(26)16-8-11-28-12-9-16/h5-6,13,15-16H,2-4,7-12,14H2,1H3,(H,23,25)/t15-/m1/s1. The minimum atomic E-state index is -0.0332. The van der Waals surface area contributed by atoms with E-state index >= 15 is 0 Å². The zero-order valence-corrected chi connectivity index (χ0v) is 17.2. The number of carbonyl (C=O) groups excluding carboxylic acids is 2. The van der Waals surface area contributed by atoms with Gasteiger partial charge in [0.2, 0.25) is 11.8 Å². The summed E-state index contributed by atoms with van der Waals surface area (Å²) in [5, 5.41) is 3.35. The third-order valence-corrected chi connectivity index (χ3v) is 5.91. The van der Waals surface area contributed by atoms with Crippen molar-refractivity contribution in [3.63, 3.8) is 0 Å². The second-order valence-electron chi connectivity index (χ2n) is 7.62. The highest BCUT2D eigenvalue weighted by molar-refractivity contribution is 6.32. The molecule has 1 aromatic rings. The highest BCUT2D eigenvalue weighted by Gasteiger charge is 2.30. The first-order valence-electron chi connectivity index (χ1n) is 10.1. The van der Waals surface area contributed by atoms with Crippen molar-refractivity contribution in [1.29, 1.82) is 0 Å². The Morgan fingerprint density at radius 1 is 1.29 bits per heavy atom. The number of rotatable bonds is 6. The number of amides is 2. The number of hydrogen-bond donors (Lipinski definition) is 1. The molecule has 0 bridgehead atoms. The maximum absolute atomic E-state index is 12.7. The van der Waals surface area contributed by atoms with Crippen LogP contribution >= 0.6 is 11.6 Å². The van der Waals surface area contributed by atoms with Crippen molar-refractivity contribution in [2.24, 2.45) is 11.8 Å². The fourth-order valence-corrected chi connectivity index (χ4v) is 4.26. The van der Waals surface area contributed by atoms with Crippen LogP contribution in [0.1, 0.15) is 38.5 Å². The summed E-state index contributed by atoms with van der Waals surface area (Å²) in [6.07, 6.45) is 4.95. The lowest BCUT2D eigenvalue weighted by molar-refractivity contribution is -0.140. The Bertz CT molecular complexity index is 691. The third kappa shape index (κ3) is 5.61. The quantitative estimate of drug-likeness (QED) is 0.778. The van der Waals surface area contributed by atoms with Crippen molar-refractivity contribution in [3.05, 3.63) is 23.2 Å². The molecule has 2 aliphatic heterocycles.